The summed E-state index contributed by atoms with van der Waals surface area (Å²) < 4.78 is 0. The summed E-state index contributed by atoms with van der Waals surface area (Å²) in [6.07, 6.45) is 2.24. The molecule has 0 saturated heterocycles. The van der Waals surface area contributed by atoms with Crippen molar-refractivity contribution in [2.75, 3.05) is 0 Å². The van der Waals surface area contributed by atoms with Crippen molar-refractivity contribution < 1.29 is 4.99 Å². The van der Waals surface area contributed by atoms with Gasteiger partial charge in [0.05, 0.1) is 11.1 Å². The van der Waals surface area contributed by atoms with Crippen LogP contribution < -0.4 is 4.99 Å². The summed E-state index contributed by atoms with van der Waals surface area (Å²) in [6, 6.07) is 17.1. The van der Waals surface area contributed by atoms with Gasteiger partial charge in [-0.1, -0.05) is 42.0 Å². The first kappa shape index (κ1) is 11.0. The first-order valence-electron chi connectivity index (χ1n) is 6.23. The Labute approximate surface area is 108 Å². The summed E-state index contributed by atoms with van der Waals surface area (Å²) in [6.45, 7) is 4.24. The molecule has 1 heteroatoms. The largest absolute Gasteiger partial charge is 0.211 e. The average Bonchev–Trinajstić information content (AvgIpc) is 2.69. The van der Waals surface area contributed by atoms with Crippen molar-refractivity contribution in [2.45, 2.75) is 13.8 Å². The van der Waals surface area contributed by atoms with Gasteiger partial charge in [-0.3, -0.25) is 0 Å². The van der Waals surface area contributed by atoms with Gasteiger partial charge in [0.25, 0.3) is 0 Å². The van der Waals surface area contributed by atoms with Crippen LogP contribution in [0.3, 0.4) is 0 Å². The molecule has 0 fully saturated rings. The lowest BCUT2D eigenvalue weighted by Crippen LogP contribution is -2.62. The van der Waals surface area contributed by atoms with Crippen LogP contribution >= 0.6 is 0 Å². The van der Waals surface area contributed by atoms with Gasteiger partial charge in [-0.05, 0) is 24.6 Å². The molecule has 3 rings (SSSR count). The highest BCUT2D eigenvalue weighted by Gasteiger charge is 2.23. The van der Waals surface area contributed by atoms with Crippen molar-refractivity contribution in [3.63, 3.8) is 0 Å². The van der Waals surface area contributed by atoms with E-state index < -0.39 is 0 Å². The molecule has 0 spiro atoms. The lowest BCUT2D eigenvalue weighted by molar-refractivity contribution is -0.349. The van der Waals surface area contributed by atoms with E-state index in [2.05, 4.69) is 73.4 Å². The van der Waals surface area contributed by atoms with Gasteiger partial charge >= 0.3 is 0 Å². The SMILES string of the molecule is CC1=[NH+]c2ccccc2/C1=C\c1ccc(C)cc1. The molecule has 0 unspecified atom stereocenters. The summed E-state index contributed by atoms with van der Waals surface area (Å²) in [5, 5.41) is 0. The Bertz CT molecular complexity index is 646. The Balaban J connectivity index is 2.07. The van der Waals surface area contributed by atoms with E-state index in [0.717, 1.165) is 0 Å². The van der Waals surface area contributed by atoms with Crippen LogP contribution in [0.5, 0.6) is 0 Å². The zero-order valence-electron chi connectivity index (χ0n) is 10.7. The molecule has 1 N–H and O–H groups in total. The third-order valence-electron chi connectivity index (χ3n) is 3.33. The molecule has 0 radical (unpaired) electrons. The van der Waals surface area contributed by atoms with Crippen LogP contribution in [-0.4, -0.2) is 5.71 Å². The van der Waals surface area contributed by atoms with Crippen molar-refractivity contribution in [3.05, 3.63) is 65.2 Å². The molecule has 1 heterocycles. The summed E-state index contributed by atoms with van der Waals surface area (Å²) >= 11 is 0. The molecule has 0 aliphatic carbocycles. The molecule has 0 bridgehead atoms. The topological polar surface area (TPSA) is 14.0 Å². The van der Waals surface area contributed by atoms with Crippen LogP contribution in [0.1, 0.15) is 23.6 Å². The molecule has 0 amide bonds. The molecule has 88 valence electrons. The normalized spacial score (nSPS) is 15.7. The molecule has 2 aromatic rings. The molecule has 0 aromatic heterocycles. The number of rotatable bonds is 1. The van der Waals surface area contributed by atoms with Crippen LogP contribution in [0.4, 0.5) is 5.69 Å². The number of nitrogens with one attached hydrogen (secondary N) is 1. The average molecular weight is 234 g/mol. The monoisotopic (exact) mass is 234 g/mol. The Hall–Kier alpha value is -2.15. The van der Waals surface area contributed by atoms with Crippen molar-refractivity contribution in [3.8, 4) is 0 Å². The van der Waals surface area contributed by atoms with Crippen LogP contribution in [-0.2, 0) is 0 Å². The van der Waals surface area contributed by atoms with E-state index in [1.54, 1.807) is 0 Å². The molecular formula is C17H16N+. The Morgan fingerprint density at radius 1 is 0.889 bits per heavy atom. The van der Waals surface area contributed by atoms with Gasteiger partial charge in [-0.25, -0.2) is 4.99 Å². The standard InChI is InChI=1S/C17H15N/c1-12-7-9-14(10-8-12)11-16-13(2)18-17-6-4-3-5-15(16)17/h3-11H,1-2H3/p+1/b16-11-. The number of hydrogen-bond acceptors (Lipinski definition) is 0. The number of fused-ring (bicyclic) bond motifs is 1. The van der Waals surface area contributed by atoms with E-state index in [0.29, 0.717) is 0 Å². The minimum absolute atomic E-state index is 1.20. The second kappa shape index (κ2) is 4.26. The quantitative estimate of drug-likeness (QED) is 0.780. The predicted octanol–water partition coefficient (Wildman–Crippen LogP) is 2.72. The van der Waals surface area contributed by atoms with Gasteiger partial charge in [0.1, 0.15) is 0 Å². The summed E-state index contributed by atoms with van der Waals surface area (Å²) in [5.74, 6) is 0. The van der Waals surface area contributed by atoms with Gasteiger partial charge < -0.3 is 0 Å². The fourth-order valence-electron chi connectivity index (χ4n) is 2.31. The number of hydrogen-bond donors (Lipinski definition) is 1. The number of benzene rings is 2. The fraction of sp³-hybridized carbons (Fsp3) is 0.118. The zero-order chi connectivity index (χ0) is 12.5. The molecule has 0 saturated carbocycles. The van der Waals surface area contributed by atoms with Crippen LogP contribution in [0.2, 0.25) is 0 Å². The zero-order valence-corrected chi connectivity index (χ0v) is 10.7. The minimum Gasteiger partial charge on any atom is -0.208 e. The summed E-state index contributed by atoms with van der Waals surface area (Å²) in [5.41, 5.74) is 7.53. The van der Waals surface area contributed by atoms with Crippen molar-refractivity contribution in [1.82, 2.24) is 0 Å². The Morgan fingerprint density at radius 3 is 2.39 bits per heavy atom. The number of aryl methyl sites for hydroxylation is 1. The first-order chi connectivity index (χ1) is 8.74. The maximum Gasteiger partial charge on any atom is 0.211 e. The highest BCUT2D eigenvalue weighted by molar-refractivity contribution is 6.27. The fourth-order valence-corrected chi connectivity index (χ4v) is 2.31. The van der Waals surface area contributed by atoms with Crippen LogP contribution in [0.25, 0.3) is 11.6 Å². The van der Waals surface area contributed by atoms with E-state index in [-0.39, 0.29) is 0 Å². The molecule has 1 aliphatic heterocycles. The molecule has 2 aromatic carbocycles. The minimum atomic E-state index is 1.20. The van der Waals surface area contributed by atoms with Crippen molar-refractivity contribution >= 4 is 23.0 Å². The van der Waals surface area contributed by atoms with Gasteiger partial charge in [-0.15, -0.1) is 0 Å². The van der Waals surface area contributed by atoms with E-state index in [9.17, 15) is 0 Å². The highest BCUT2D eigenvalue weighted by Crippen LogP contribution is 2.26. The van der Waals surface area contributed by atoms with Gasteiger partial charge in [-0.2, -0.15) is 0 Å². The third-order valence-corrected chi connectivity index (χ3v) is 3.33. The van der Waals surface area contributed by atoms with E-state index >= 15 is 0 Å². The predicted molar refractivity (Wildman–Crippen MR) is 76.8 cm³/mol. The van der Waals surface area contributed by atoms with Crippen LogP contribution in [0, 0.1) is 6.92 Å². The maximum atomic E-state index is 3.43. The maximum absolute atomic E-state index is 3.43. The highest BCUT2D eigenvalue weighted by atomic mass is 14.8. The lowest BCUT2D eigenvalue weighted by atomic mass is 10.0. The molecule has 1 aliphatic rings. The summed E-state index contributed by atoms with van der Waals surface area (Å²) in [7, 11) is 0. The van der Waals surface area contributed by atoms with E-state index in [1.807, 2.05) is 0 Å². The summed E-state index contributed by atoms with van der Waals surface area (Å²) in [4.78, 5) is 3.43. The smallest absolute Gasteiger partial charge is 0.208 e. The van der Waals surface area contributed by atoms with E-state index in [4.69, 9.17) is 0 Å². The number of para-hydroxylation sites is 1. The van der Waals surface area contributed by atoms with Crippen LogP contribution in [0.15, 0.2) is 48.5 Å². The number of allylic oxidation sites excluding steroid dienone is 1. The second-order valence-electron chi connectivity index (χ2n) is 4.76. The first-order valence-corrected chi connectivity index (χ1v) is 6.23. The molecule has 1 nitrogen and oxygen atoms in total. The van der Waals surface area contributed by atoms with Crippen molar-refractivity contribution in [2.24, 2.45) is 0 Å². The molecule has 18 heavy (non-hydrogen) atoms. The van der Waals surface area contributed by atoms with Crippen molar-refractivity contribution in [1.29, 1.82) is 0 Å². The van der Waals surface area contributed by atoms with Gasteiger partial charge in [0.2, 0.25) is 5.69 Å². The molecular weight excluding hydrogens is 218 g/mol. The second-order valence-corrected chi connectivity index (χ2v) is 4.76. The van der Waals surface area contributed by atoms with E-state index in [1.165, 1.54) is 33.7 Å². The van der Waals surface area contributed by atoms with Gasteiger partial charge in [0.15, 0.2) is 5.71 Å². The third kappa shape index (κ3) is 1.88. The lowest BCUT2D eigenvalue weighted by Gasteiger charge is -1.99. The molecule has 0 atom stereocenters. The van der Waals surface area contributed by atoms with Gasteiger partial charge in [0, 0.05) is 13.0 Å². The Morgan fingerprint density at radius 2 is 1.61 bits per heavy atom. The Kier molecular flexibility index (Phi) is 2.60.